The molecular weight excluding hydrogens is 294 g/mol. The van der Waals surface area contributed by atoms with Crippen molar-refractivity contribution in [3.8, 4) is 0 Å². The van der Waals surface area contributed by atoms with Crippen LogP contribution in [-0.4, -0.2) is 51.1 Å². The van der Waals surface area contributed by atoms with Gasteiger partial charge in [-0.1, -0.05) is 0 Å². The minimum absolute atomic E-state index is 0.0531. The predicted octanol–water partition coefficient (Wildman–Crippen LogP) is 1.22. The molecule has 1 amide bonds. The molecule has 0 aromatic carbocycles. The predicted molar refractivity (Wildman–Crippen MR) is 55.9 cm³/mol. The third kappa shape index (κ3) is 4.23. The van der Waals surface area contributed by atoms with E-state index in [9.17, 15) is 31.1 Å². The molecular formula is C10H14F6N2O2. The Hall–Kier alpha value is -1.03. The van der Waals surface area contributed by atoms with E-state index >= 15 is 0 Å². The summed E-state index contributed by atoms with van der Waals surface area (Å²) in [6.07, 6.45) is -9.62. The van der Waals surface area contributed by atoms with Crippen LogP contribution in [0.2, 0.25) is 0 Å². The van der Waals surface area contributed by atoms with Crippen LogP contribution in [0.25, 0.3) is 0 Å². The van der Waals surface area contributed by atoms with Gasteiger partial charge in [-0.15, -0.1) is 0 Å². The fourth-order valence-electron chi connectivity index (χ4n) is 1.85. The first-order valence-corrected chi connectivity index (χ1v) is 5.79. The highest BCUT2D eigenvalue weighted by Gasteiger charge is 2.61. The molecule has 0 aromatic rings. The molecule has 0 bridgehead atoms. The van der Waals surface area contributed by atoms with E-state index in [1.54, 1.807) is 0 Å². The number of ether oxygens (including phenoxy) is 1. The van der Waals surface area contributed by atoms with E-state index in [1.807, 2.05) is 5.32 Å². The Balaban J connectivity index is 2.41. The average molecular weight is 308 g/mol. The van der Waals surface area contributed by atoms with Crippen molar-refractivity contribution in [1.82, 2.24) is 10.6 Å². The Kier molecular flexibility index (Phi) is 5.25. The quantitative estimate of drug-likeness (QED) is 0.593. The van der Waals surface area contributed by atoms with Crippen LogP contribution in [-0.2, 0) is 9.53 Å². The molecule has 1 unspecified atom stereocenters. The van der Waals surface area contributed by atoms with E-state index in [0.717, 1.165) is 0 Å². The van der Waals surface area contributed by atoms with E-state index in [-0.39, 0.29) is 6.54 Å². The molecule has 4 nitrogen and oxygen atoms in total. The standard InChI is InChI=1S/C10H14F6N2O2/c11-9(12,13)6-20-4-3-18-7(19)8(10(14,15)16)1-2-17-5-8/h17H,1-6H2,(H,18,19). The van der Waals surface area contributed by atoms with Crippen LogP contribution in [0.1, 0.15) is 6.42 Å². The third-order valence-corrected chi connectivity index (χ3v) is 2.93. The molecule has 1 aliphatic heterocycles. The van der Waals surface area contributed by atoms with Gasteiger partial charge in [-0.3, -0.25) is 4.79 Å². The van der Waals surface area contributed by atoms with Crippen LogP contribution in [0.3, 0.4) is 0 Å². The van der Waals surface area contributed by atoms with Crippen LogP contribution in [0.5, 0.6) is 0 Å². The van der Waals surface area contributed by atoms with Gasteiger partial charge in [-0.25, -0.2) is 0 Å². The van der Waals surface area contributed by atoms with Crippen LogP contribution >= 0.6 is 0 Å². The maximum atomic E-state index is 12.9. The summed E-state index contributed by atoms with van der Waals surface area (Å²) >= 11 is 0. The van der Waals surface area contributed by atoms with Crippen molar-refractivity contribution < 1.29 is 35.9 Å². The van der Waals surface area contributed by atoms with Crippen LogP contribution in [0.4, 0.5) is 26.3 Å². The summed E-state index contributed by atoms with van der Waals surface area (Å²) in [5.74, 6) is -1.24. The second-order valence-electron chi connectivity index (χ2n) is 4.43. The van der Waals surface area contributed by atoms with Crippen molar-refractivity contribution >= 4 is 5.91 Å². The van der Waals surface area contributed by atoms with Gasteiger partial charge in [-0.2, -0.15) is 26.3 Å². The van der Waals surface area contributed by atoms with Gasteiger partial charge >= 0.3 is 12.4 Å². The molecule has 0 radical (unpaired) electrons. The van der Waals surface area contributed by atoms with Gasteiger partial charge in [-0.05, 0) is 13.0 Å². The van der Waals surface area contributed by atoms with Gasteiger partial charge in [0.05, 0.1) is 6.61 Å². The minimum atomic E-state index is -4.71. The maximum absolute atomic E-state index is 12.9. The summed E-state index contributed by atoms with van der Waals surface area (Å²) in [7, 11) is 0. The van der Waals surface area contributed by atoms with E-state index < -0.39 is 56.4 Å². The number of rotatable bonds is 5. The molecule has 1 aliphatic rings. The number of halogens is 6. The molecule has 0 saturated carbocycles. The first-order valence-electron chi connectivity index (χ1n) is 5.79. The second-order valence-corrected chi connectivity index (χ2v) is 4.43. The smallest absolute Gasteiger partial charge is 0.370 e. The molecule has 1 atom stereocenters. The Morgan fingerprint density at radius 2 is 1.90 bits per heavy atom. The van der Waals surface area contributed by atoms with Crippen molar-refractivity contribution in [2.24, 2.45) is 5.41 Å². The lowest BCUT2D eigenvalue weighted by Gasteiger charge is -2.29. The lowest BCUT2D eigenvalue weighted by molar-refractivity contribution is -0.216. The van der Waals surface area contributed by atoms with Crippen molar-refractivity contribution in [1.29, 1.82) is 0 Å². The zero-order valence-electron chi connectivity index (χ0n) is 10.3. The van der Waals surface area contributed by atoms with E-state index in [4.69, 9.17) is 0 Å². The number of alkyl halides is 6. The first-order chi connectivity index (χ1) is 9.08. The van der Waals surface area contributed by atoms with Crippen LogP contribution in [0, 0.1) is 5.41 Å². The second kappa shape index (κ2) is 6.17. The summed E-state index contributed by atoms with van der Waals surface area (Å²) < 4.78 is 78.1. The van der Waals surface area contributed by atoms with E-state index in [2.05, 4.69) is 10.1 Å². The van der Waals surface area contributed by atoms with Crippen molar-refractivity contribution in [3.63, 3.8) is 0 Å². The largest absolute Gasteiger partial charge is 0.411 e. The lowest BCUT2D eigenvalue weighted by atomic mass is 9.85. The fraction of sp³-hybridized carbons (Fsp3) is 0.900. The van der Waals surface area contributed by atoms with Crippen LogP contribution in [0.15, 0.2) is 0 Å². The number of hydrogen-bond donors (Lipinski definition) is 2. The highest BCUT2D eigenvalue weighted by Crippen LogP contribution is 2.43. The number of amides is 1. The Morgan fingerprint density at radius 1 is 1.25 bits per heavy atom. The molecule has 1 saturated heterocycles. The van der Waals surface area contributed by atoms with Gasteiger partial charge in [0, 0.05) is 13.1 Å². The molecule has 20 heavy (non-hydrogen) atoms. The monoisotopic (exact) mass is 308 g/mol. The molecule has 2 N–H and O–H groups in total. The maximum Gasteiger partial charge on any atom is 0.411 e. The van der Waals surface area contributed by atoms with Gasteiger partial charge in [0.2, 0.25) is 5.91 Å². The van der Waals surface area contributed by atoms with E-state index in [0.29, 0.717) is 0 Å². The molecule has 1 heterocycles. The molecule has 10 heteroatoms. The highest BCUT2D eigenvalue weighted by atomic mass is 19.4. The summed E-state index contributed by atoms with van der Waals surface area (Å²) in [6.45, 7) is -2.91. The van der Waals surface area contributed by atoms with Gasteiger partial charge in [0.25, 0.3) is 0 Å². The molecule has 1 rings (SSSR count). The Labute approximate surface area is 110 Å². The average Bonchev–Trinajstić information content (AvgIpc) is 2.76. The van der Waals surface area contributed by atoms with E-state index in [1.165, 1.54) is 0 Å². The Bertz CT molecular complexity index is 336. The molecule has 0 spiro atoms. The van der Waals surface area contributed by atoms with Gasteiger partial charge in [0.1, 0.15) is 6.61 Å². The van der Waals surface area contributed by atoms with Crippen molar-refractivity contribution in [3.05, 3.63) is 0 Å². The van der Waals surface area contributed by atoms with Gasteiger partial charge < -0.3 is 15.4 Å². The first kappa shape index (κ1) is 17.0. The van der Waals surface area contributed by atoms with Crippen molar-refractivity contribution in [2.45, 2.75) is 18.8 Å². The zero-order valence-corrected chi connectivity index (χ0v) is 10.3. The number of nitrogens with one attached hydrogen (secondary N) is 2. The van der Waals surface area contributed by atoms with Crippen molar-refractivity contribution in [2.75, 3.05) is 32.8 Å². The summed E-state index contributed by atoms with van der Waals surface area (Å²) in [5.41, 5.74) is -2.52. The SMILES string of the molecule is O=C(NCCOCC(F)(F)F)C1(C(F)(F)F)CCNC1. The van der Waals surface area contributed by atoms with Crippen LogP contribution < -0.4 is 10.6 Å². The number of carbonyl (C=O) groups excluding carboxylic acids is 1. The molecule has 0 aromatic heterocycles. The number of hydrogen-bond acceptors (Lipinski definition) is 3. The third-order valence-electron chi connectivity index (χ3n) is 2.93. The Morgan fingerprint density at radius 3 is 2.35 bits per heavy atom. The summed E-state index contributed by atoms with van der Waals surface area (Å²) in [6, 6.07) is 0. The number of carbonyl (C=O) groups is 1. The zero-order chi connectivity index (χ0) is 15.4. The topological polar surface area (TPSA) is 50.4 Å². The molecule has 0 aliphatic carbocycles. The highest BCUT2D eigenvalue weighted by molar-refractivity contribution is 5.84. The molecule has 1 fully saturated rings. The molecule has 118 valence electrons. The fourth-order valence-corrected chi connectivity index (χ4v) is 1.85. The minimum Gasteiger partial charge on any atom is -0.370 e. The lowest BCUT2D eigenvalue weighted by Crippen LogP contribution is -2.52. The normalized spacial score (nSPS) is 23.9. The summed E-state index contributed by atoms with van der Waals surface area (Å²) in [4.78, 5) is 11.6. The summed E-state index contributed by atoms with van der Waals surface area (Å²) in [5, 5.41) is 4.43. The van der Waals surface area contributed by atoms with Gasteiger partial charge in [0.15, 0.2) is 5.41 Å².